The van der Waals surface area contributed by atoms with Crippen LogP contribution in [0.3, 0.4) is 0 Å². The Morgan fingerprint density at radius 3 is 1.09 bits per heavy atom. The van der Waals surface area contributed by atoms with E-state index < -0.39 is 13.3 Å². The minimum absolute atomic E-state index is 0. The van der Waals surface area contributed by atoms with E-state index in [4.69, 9.17) is 15.7 Å². The van der Waals surface area contributed by atoms with Crippen LogP contribution in [0.2, 0.25) is 0 Å². The number of carboxylic acids is 1. The molecule has 0 fully saturated rings. The highest BCUT2D eigenvalue weighted by Crippen LogP contribution is 2.44. The molecular weight excluding hydrogens is 747 g/mol. The number of ether oxygens (including phenoxy) is 1. The zero-order chi connectivity index (χ0) is 35.2. The van der Waals surface area contributed by atoms with Gasteiger partial charge in [-0.15, -0.1) is 0 Å². The zero-order valence-electron chi connectivity index (χ0n) is 30.1. The second-order valence-electron chi connectivity index (χ2n) is 7.36. The fourth-order valence-corrected chi connectivity index (χ4v) is 4.34. The Labute approximate surface area is 372 Å². The van der Waals surface area contributed by atoms with Crippen LogP contribution in [0, 0.1) is 0 Å². The number of aliphatic carboxylic acids is 1. The topological polar surface area (TPSA) is 165 Å². The van der Waals surface area contributed by atoms with Gasteiger partial charge in [0.15, 0.2) is 0 Å². The van der Waals surface area contributed by atoms with Crippen molar-refractivity contribution < 1.29 is 29.1 Å². The fourth-order valence-electron chi connectivity index (χ4n) is 2.57. The van der Waals surface area contributed by atoms with Crippen LogP contribution in [0.5, 0.6) is 0 Å². The van der Waals surface area contributed by atoms with Crippen molar-refractivity contribution in [1.29, 1.82) is 0 Å². The zero-order valence-corrected chi connectivity index (χ0v) is 31.0. The van der Waals surface area contributed by atoms with Gasteiger partial charge in [0.25, 0.3) is 0 Å². The van der Waals surface area contributed by atoms with E-state index in [2.05, 4.69) is 45.5 Å². The van der Waals surface area contributed by atoms with E-state index >= 15 is 0 Å². The second-order valence-corrected chi connectivity index (χ2v) is 9.72. The molecule has 14 heteroatoms. The number of alkyl carbamates (subject to hydrolysis) is 1. The number of aliphatic hydroxyl groups is 1. The molecule has 1 amide bonds. The number of azide groups is 1. The minimum Gasteiger partial charge on any atom is -0.481 e. The summed E-state index contributed by atoms with van der Waals surface area (Å²) in [5, 5.41) is 18.9. The SMILES string of the molecule is C.C.C.C.C.C.C.C.C.C.C.C.CC.CC.CCC(=O)O.CCN(CC)CC.CCNC(=O)OCC.CCO.[B].[B].[N-]=[N+]=NP(=O)(c1ccccc1)c1ccccc1. The lowest BCUT2D eigenvalue weighted by atomic mass is 10.4. The van der Waals surface area contributed by atoms with Crippen molar-refractivity contribution in [1.82, 2.24) is 10.2 Å². The van der Waals surface area contributed by atoms with Crippen molar-refractivity contribution >= 4 is 46.8 Å². The molecule has 58 heavy (non-hydrogen) atoms. The first-order valence-corrected chi connectivity index (χ1v) is 17.0. The van der Waals surface area contributed by atoms with Crippen LogP contribution in [0.25, 0.3) is 10.4 Å². The van der Waals surface area contributed by atoms with Gasteiger partial charge < -0.3 is 29.7 Å². The third-order valence-corrected chi connectivity index (χ3v) is 6.95. The Morgan fingerprint density at radius 1 is 0.672 bits per heavy atom. The van der Waals surface area contributed by atoms with Crippen LogP contribution in [-0.4, -0.2) is 83.4 Å². The molecule has 0 saturated carbocycles. The number of hydrogen-bond donors (Lipinski definition) is 3. The van der Waals surface area contributed by atoms with Gasteiger partial charge in [0.2, 0.25) is 7.29 Å². The summed E-state index contributed by atoms with van der Waals surface area (Å²) < 4.78 is 17.3. The van der Waals surface area contributed by atoms with E-state index in [0.717, 1.165) is 0 Å². The maximum atomic E-state index is 12.8. The molecule has 0 bridgehead atoms. The second kappa shape index (κ2) is 99.6. The van der Waals surface area contributed by atoms with Crippen molar-refractivity contribution in [3.63, 3.8) is 0 Å². The summed E-state index contributed by atoms with van der Waals surface area (Å²) in [5.41, 5.74) is 8.61. The Bertz CT molecular complexity index is 932. The lowest BCUT2D eigenvalue weighted by Crippen LogP contribution is -2.23. The number of aliphatic hydroxyl groups excluding tert-OH is 1. The van der Waals surface area contributed by atoms with Crippen LogP contribution in [0.1, 0.15) is 172 Å². The third-order valence-electron chi connectivity index (χ3n) is 4.62. The summed E-state index contributed by atoms with van der Waals surface area (Å²) in [6.45, 7) is 26.3. The normalized spacial score (nSPS) is 6.64. The molecule has 0 aliphatic rings. The highest BCUT2D eigenvalue weighted by molar-refractivity contribution is 7.77. The van der Waals surface area contributed by atoms with Gasteiger partial charge in [0.05, 0.1) is 6.61 Å². The summed E-state index contributed by atoms with van der Waals surface area (Å²) in [5.74, 6) is -0.745. The minimum atomic E-state index is -3.22. The summed E-state index contributed by atoms with van der Waals surface area (Å²) in [4.78, 5) is 28.3. The van der Waals surface area contributed by atoms with E-state index in [1.165, 1.54) is 19.6 Å². The number of nitrogens with one attached hydrogen (secondary N) is 1. The van der Waals surface area contributed by atoms with Crippen LogP contribution in [0.15, 0.2) is 65.5 Å². The molecule has 0 aliphatic carbocycles. The Balaban J connectivity index is -0.0000000194. The van der Waals surface area contributed by atoms with Gasteiger partial charge in [-0.25, -0.2) is 4.79 Å². The molecule has 3 N–H and O–H groups in total. The number of benzene rings is 2. The number of amides is 1. The van der Waals surface area contributed by atoms with E-state index in [1.807, 2.05) is 46.8 Å². The molecule has 0 atom stereocenters. The van der Waals surface area contributed by atoms with Crippen LogP contribution in [0.4, 0.5) is 4.79 Å². The molecule has 2 aromatic rings. The van der Waals surface area contributed by atoms with Gasteiger partial charge in [0.1, 0.15) is 0 Å². The summed E-state index contributed by atoms with van der Waals surface area (Å²) >= 11 is 0. The van der Waals surface area contributed by atoms with E-state index in [0.29, 0.717) is 23.8 Å². The molecule has 2 rings (SSSR count). The molecule has 6 radical (unpaired) electrons. The number of carbonyl (C=O) groups is 2. The maximum absolute atomic E-state index is 12.8. The number of carboxylic acid groups (broad SMARTS) is 1. The van der Waals surface area contributed by atoms with Crippen molar-refractivity contribution in [2.45, 2.75) is 172 Å². The van der Waals surface area contributed by atoms with Gasteiger partial charge in [-0.05, 0) is 50.8 Å². The van der Waals surface area contributed by atoms with Gasteiger partial charge in [0, 0.05) is 51.9 Å². The molecule has 0 saturated heterocycles. The molecule has 0 aliphatic heterocycles. The van der Waals surface area contributed by atoms with Gasteiger partial charge in [-0.2, -0.15) is 0 Å². The van der Waals surface area contributed by atoms with Gasteiger partial charge in [-0.3, -0.25) is 4.79 Å². The molecule has 0 spiro atoms. The van der Waals surface area contributed by atoms with Crippen molar-refractivity contribution in [2.75, 3.05) is 39.4 Å². The monoisotopic (exact) mass is 856 g/mol. The smallest absolute Gasteiger partial charge is 0.407 e. The van der Waals surface area contributed by atoms with E-state index in [1.54, 1.807) is 69.3 Å². The summed E-state index contributed by atoms with van der Waals surface area (Å²) in [6, 6.07) is 17.6. The number of rotatable bonds is 9. The third kappa shape index (κ3) is 77.3. The predicted octanol–water partition coefficient (Wildman–Crippen LogP) is 14.7. The number of nitrogens with zero attached hydrogens (tertiary/aromatic N) is 4. The Kier molecular flexibility index (Phi) is 213. The highest BCUT2D eigenvalue weighted by Gasteiger charge is 2.25. The van der Waals surface area contributed by atoms with Crippen LogP contribution in [-0.2, 0) is 14.1 Å². The first-order chi connectivity index (χ1) is 21.1. The first kappa shape index (κ1) is 124. The van der Waals surface area contributed by atoms with Gasteiger partial charge in [-0.1, -0.05) is 205 Å². The number of carbonyl (C=O) groups excluding carboxylic acids is 1. The molecule has 2 aromatic carbocycles. The lowest BCUT2D eigenvalue weighted by Gasteiger charge is -2.13. The Morgan fingerprint density at radius 2 is 0.931 bits per heavy atom. The standard InChI is InChI=1S/C12H10N3OP.C6H15N.C5H11NO2.C3H6O2.C2H6O.2C2H6.12CH4.2B/c13-14-15-17(16,11-7-3-1-4-8-11)12-9-5-2-6-10-12;1-4-7(5-2)6-3;1-3-6-5(7)8-4-2;1-2-3(4)5;1-2-3;2*1-2;;;;;;;;;;;;;;/h1-10H;4-6H2,1-3H3;3-4H2,1-2H3,(H,6,7);2H2,1H3,(H,4,5);3H,2H2,1H3;2*1-2H3;12*1H4;;. The van der Waals surface area contributed by atoms with Crippen LogP contribution < -0.4 is 15.9 Å². The highest BCUT2D eigenvalue weighted by atomic mass is 31.2. The summed E-state index contributed by atoms with van der Waals surface area (Å²) in [6.07, 6.45) is -0.116. The van der Waals surface area contributed by atoms with Crippen LogP contribution >= 0.6 is 7.29 Å². The molecule has 356 valence electrons. The quantitative estimate of drug-likeness (QED) is 0.0742. The van der Waals surface area contributed by atoms with Crippen molar-refractivity contribution in [3.8, 4) is 0 Å². The fraction of sp³-hybridized carbons (Fsp3) is 0.682. The maximum Gasteiger partial charge on any atom is 0.407 e. The summed E-state index contributed by atoms with van der Waals surface area (Å²) in [7, 11) is -3.22. The molecule has 0 aromatic heterocycles. The van der Waals surface area contributed by atoms with Gasteiger partial charge >= 0.3 is 12.1 Å². The molecule has 11 nitrogen and oxygen atoms in total. The predicted molar refractivity (Wildman–Crippen MR) is 279 cm³/mol. The number of hydrogen-bond acceptors (Lipinski definition) is 6. The molecule has 0 unspecified atom stereocenters. The molecule has 0 heterocycles. The Hall–Kier alpha value is -3.23. The first-order valence-electron chi connectivity index (χ1n) is 15.3. The lowest BCUT2D eigenvalue weighted by molar-refractivity contribution is -0.136. The van der Waals surface area contributed by atoms with E-state index in [9.17, 15) is 14.2 Å². The van der Waals surface area contributed by atoms with E-state index in [-0.39, 0.29) is 125 Å². The van der Waals surface area contributed by atoms with Crippen molar-refractivity contribution in [2.24, 2.45) is 4.88 Å². The largest absolute Gasteiger partial charge is 0.481 e. The molecular formula is C44H108B2N5O6P. The average molecular weight is 856 g/mol. The average Bonchev–Trinajstić information content (AvgIpc) is 3.06. The van der Waals surface area contributed by atoms with Crippen molar-refractivity contribution in [3.05, 3.63) is 71.1 Å².